The van der Waals surface area contributed by atoms with E-state index in [-0.39, 0.29) is 50.1 Å². The van der Waals surface area contributed by atoms with Gasteiger partial charge in [-0.15, -0.1) is 0 Å². The van der Waals surface area contributed by atoms with Crippen LogP contribution in [0, 0.1) is 17.6 Å². The lowest BCUT2D eigenvalue weighted by Gasteiger charge is -2.29. The SMILES string of the molecule is CCC[C@H](NC(=O)[C@@H](NC(=O)CCCC(=O)O)C(C)CC)C(=O)N[C@@H](Cc1cc(F)cc(F)c1)[C@@H](O)CC(=O)NCc1ccc(N)cc1. The number of aliphatic carboxylic acids is 1. The Morgan fingerprint density at radius 3 is 2.08 bits per heavy atom. The summed E-state index contributed by atoms with van der Waals surface area (Å²) in [5, 5.41) is 30.6. The summed E-state index contributed by atoms with van der Waals surface area (Å²) in [6.07, 6.45) is -1.23. The van der Waals surface area contributed by atoms with Gasteiger partial charge in [-0.2, -0.15) is 0 Å². The van der Waals surface area contributed by atoms with E-state index in [4.69, 9.17) is 10.8 Å². The van der Waals surface area contributed by atoms with Crippen molar-refractivity contribution in [2.24, 2.45) is 5.92 Å². The molecule has 264 valence electrons. The Morgan fingerprint density at radius 1 is 0.854 bits per heavy atom. The molecule has 0 aliphatic heterocycles. The summed E-state index contributed by atoms with van der Waals surface area (Å²) in [5.74, 6) is -5.47. The van der Waals surface area contributed by atoms with Crippen molar-refractivity contribution in [3.05, 3.63) is 65.2 Å². The second kappa shape index (κ2) is 19.9. The molecule has 5 atom stereocenters. The predicted molar refractivity (Wildman–Crippen MR) is 175 cm³/mol. The molecule has 4 amide bonds. The topological polar surface area (TPSA) is 200 Å². The van der Waals surface area contributed by atoms with Crippen LogP contribution in [0.25, 0.3) is 0 Å². The predicted octanol–water partition coefficient (Wildman–Crippen LogP) is 2.71. The first-order valence-corrected chi connectivity index (χ1v) is 16.1. The first-order chi connectivity index (χ1) is 22.7. The number of rotatable bonds is 20. The Morgan fingerprint density at radius 2 is 1.50 bits per heavy atom. The second-order valence-electron chi connectivity index (χ2n) is 11.9. The van der Waals surface area contributed by atoms with E-state index in [0.29, 0.717) is 24.6 Å². The van der Waals surface area contributed by atoms with Gasteiger partial charge in [0.15, 0.2) is 0 Å². The molecule has 0 aliphatic carbocycles. The second-order valence-corrected chi connectivity index (χ2v) is 11.9. The number of carbonyl (C=O) groups is 5. The Kier molecular flexibility index (Phi) is 16.4. The lowest BCUT2D eigenvalue weighted by Crippen LogP contribution is -2.57. The van der Waals surface area contributed by atoms with E-state index < -0.39 is 71.9 Å². The molecular formula is C34H47F2N5O7. The quantitative estimate of drug-likeness (QED) is 0.104. The third kappa shape index (κ3) is 14.0. The molecule has 2 aromatic rings. The van der Waals surface area contributed by atoms with Gasteiger partial charge in [0.05, 0.1) is 18.6 Å². The van der Waals surface area contributed by atoms with Gasteiger partial charge in [0.25, 0.3) is 0 Å². The summed E-state index contributed by atoms with van der Waals surface area (Å²) in [7, 11) is 0. The van der Waals surface area contributed by atoms with Gasteiger partial charge in [-0.3, -0.25) is 24.0 Å². The Hall–Kier alpha value is -4.59. The number of nitrogens with one attached hydrogen (secondary N) is 4. The molecule has 8 N–H and O–H groups in total. The Balaban J connectivity index is 2.20. The fraction of sp³-hybridized carbons (Fsp3) is 0.500. The number of aliphatic hydroxyl groups excluding tert-OH is 1. The molecule has 0 saturated carbocycles. The van der Waals surface area contributed by atoms with Crippen LogP contribution in [0.2, 0.25) is 0 Å². The number of hydrogen-bond acceptors (Lipinski definition) is 7. The number of nitrogen functional groups attached to an aromatic ring is 1. The number of nitrogens with two attached hydrogens (primary N) is 1. The Labute approximate surface area is 279 Å². The van der Waals surface area contributed by atoms with Gasteiger partial charge in [0, 0.05) is 31.1 Å². The molecule has 14 heteroatoms. The van der Waals surface area contributed by atoms with Crippen molar-refractivity contribution in [2.75, 3.05) is 5.73 Å². The maximum atomic E-state index is 14.0. The number of benzene rings is 2. The molecule has 0 fully saturated rings. The molecule has 0 bridgehead atoms. The van der Waals surface area contributed by atoms with Crippen LogP contribution >= 0.6 is 0 Å². The largest absolute Gasteiger partial charge is 0.481 e. The third-order valence-electron chi connectivity index (χ3n) is 7.85. The van der Waals surface area contributed by atoms with Crippen molar-refractivity contribution in [3.63, 3.8) is 0 Å². The van der Waals surface area contributed by atoms with Crippen LogP contribution in [-0.2, 0) is 36.9 Å². The van der Waals surface area contributed by atoms with E-state index in [1.165, 1.54) is 0 Å². The molecule has 0 aliphatic rings. The maximum Gasteiger partial charge on any atom is 0.303 e. The number of hydrogen-bond donors (Lipinski definition) is 7. The molecular weight excluding hydrogens is 628 g/mol. The minimum atomic E-state index is -1.48. The smallest absolute Gasteiger partial charge is 0.303 e. The van der Waals surface area contributed by atoms with Crippen LogP contribution in [0.1, 0.15) is 76.8 Å². The fourth-order valence-corrected chi connectivity index (χ4v) is 4.96. The third-order valence-corrected chi connectivity index (χ3v) is 7.85. The highest BCUT2D eigenvalue weighted by atomic mass is 19.1. The van der Waals surface area contributed by atoms with E-state index >= 15 is 0 Å². The van der Waals surface area contributed by atoms with Crippen LogP contribution in [0.4, 0.5) is 14.5 Å². The van der Waals surface area contributed by atoms with E-state index in [1.807, 2.05) is 6.92 Å². The number of carboxylic acid groups (broad SMARTS) is 1. The number of anilines is 1. The fourth-order valence-electron chi connectivity index (χ4n) is 4.96. The van der Waals surface area contributed by atoms with Gasteiger partial charge in [-0.1, -0.05) is 45.7 Å². The monoisotopic (exact) mass is 675 g/mol. The van der Waals surface area contributed by atoms with Crippen LogP contribution < -0.4 is 27.0 Å². The van der Waals surface area contributed by atoms with Crippen molar-refractivity contribution < 1.29 is 43.0 Å². The number of amides is 4. The number of aliphatic hydroxyl groups is 1. The zero-order valence-corrected chi connectivity index (χ0v) is 27.6. The van der Waals surface area contributed by atoms with Crippen LogP contribution in [0.5, 0.6) is 0 Å². The minimum absolute atomic E-state index is 0.0925. The molecule has 2 aromatic carbocycles. The number of halogens is 2. The molecule has 12 nitrogen and oxygen atoms in total. The van der Waals surface area contributed by atoms with Crippen molar-refractivity contribution in [3.8, 4) is 0 Å². The van der Waals surface area contributed by atoms with Crippen molar-refractivity contribution >= 4 is 35.3 Å². The van der Waals surface area contributed by atoms with Gasteiger partial charge in [0.2, 0.25) is 23.6 Å². The van der Waals surface area contributed by atoms with Crippen LogP contribution in [0.15, 0.2) is 42.5 Å². The molecule has 0 saturated heterocycles. The van der Waals surface area contributed by atoms with Crippen LogP contribution in [-0.4, -0.2) is 64.0 Å². The lowest BCUT2D eigenvalue weighted by atomic mass is 9.96. The first-order valence-electron chi connectivity index (χ1n) is 16.1. The highest BCUT2D eigenvalue weighted by molar-refractivity contribution is 5.92. The summed E-state index contributed by atoms with van der Waals surface area (Å²) in [6, 6.07) is 6.28. The summed E-state index contributed by atoms with van der Waals surface area (Å²) < 4.78 is 28.0. The summed E-state index contributed by atoms with van der Waals surface area (Å²) >= 11 is 0. The van der Waals surface area contributed by atoms with Gasteiger partial charge in [-0.05, 0) is 60.6 Å². The number of carbonyl (C=O) groups excluding carboxylic acids is 4. The Bertz CT molecular complexity index is 1370. The van der Waals surface area contributed by atoms with E-state index in [2.05, 4.69) is 21.3 Å². The zero-order valence-electron chi connectivity index (χ0n) is 27.6. The summed E-state index contributed by atoms with van der Waals surface area (Å²) in [6.45, 7) is 5.51. The van der Waals surface area contributed by atoms with Crippen molar-refractivity contribution in [1.82, 2.24) is 21.3 Å². The molecule has 2 rings (SSSR count). The average molecular weight is 676 g/mol. The zero-order chi connectivity index (χ0) is 35.8. The van der Waals surface area contributed by atoms with Crippen molar-refractivity contribution in [1.29, 1.82) is 0 Å². The molecule has 1 unspecified atom stereocenters. The van der Waals surface area contributed by atoms with Gasteiger partial charge < -0.3 is 37.2 Å². The standard InChI is InChI=1S/C34H47F2N5O7/c1-4-7-26(39-34(48)32(20(3)5-2)41-29(43)8-6-9-31(45)46)33(47)40-27(16-22-14-23(35)17-24(36)15-22)28(42)18-30(44)38-19-21-10-12-25(37)13-11-21/h10-15,17,20,26-28,32,42H,4-9,16,18-19,37H2,1-3H3,(H,38,44)(H,39,48)(H,40,47)(H,41,43)(H,45,46)/t20?,26-,27-,28-,32-/m0/s1. The van der Waals surface area contributed by atoms with Crippen LogP contribution in [0.3, 0.4) is 0 Å². The highest BCUT2D eigenvalue weighted by Gasteiger charge is 2.32. The summed E-state index contributed by atoms with van der Waals surface area (Å²) in [4.78, 5) is 63.0. The van der Waals surface area contributed by atoms with Gasteiger partial charge in [-0.25, -0.2) is 8.78 Å². The normalized spacial score (nSPS) is 14.1. The molecule has 0 spiro atoms. The summed E-state index contributed by atoms with van der Waals surface area (Å²) in [5.41, 5.74) is 7.13. The molecule has 0 radical (unpaired) electrons. The lowest BCUT2D eigenvalue weighted by molar-refractivity contribution is -0.137. The molecule has 0 aromatic heterocycles. The van der Waals surface area contributed by atoms with Gasteiger partial charge in [0.1, 0.15) is 23.7 Å². The molecule has 0 heterocycles. The van der Waals surface area contributed by atoms with E-state index in [1.54, 1.807) is 38.1 Å². The maximum absolute atomic E-state index is 14.0. The van der Waals surface area contributed by atoms with Crippen molar-refractivity contribution in [2.45, 2.75) is 103 Å². The molecule has 48 heavy (non-hydrogen) atoms. The first kappa shape index (κ1) is 39.6. The highest BCUT2D eigenvalue weighted by Crippen LogP contribution is 2.15. The van der Waals surface area contributed by atoms with E-state index in [9.17, 15) is 37.9 Å². The minimum Gasteiger partial charge on any atom is -0.481 e. The van der Waals surface area contributed by atoms with E-state index in [0.717, 1.165) is 17.7 Å². The van der Waals surface area contributed by atoms with Gasteiger partial charge >= 0.3 is 5.97 Å². The average Bonchev–Trinajstić information content (AvgIpc) is 3.01. The number of carboxylic acids is 1.